The van der Waals surface area contributed by atoms with E-state index >= 15 is 0 Å². The quantitative estimate of drug-likeness (QED) is 0.419. The molecule has 0 saturated carbocycles. The number of nitrogens with one attached hydrogen (secondary N) is 1. The Labute approximate surface area is 194 Å². The van der Waals surface area contributed by atoms with Crippen LogP contribution in [0.15, 0.2) is 59.8 Å². The lowest BCUT2D eigenvalue weighted by Crippen LogP contribution is -2.32. The summed E-state index contributed by atoms with van der Waals surface area (Å²) in [5.41, 5.74) is 2.10. The fourth-order valence-corrected chi connectivity index (χ4v) is 4.14. The second-order valence-electron chi connectivity index (χ2n) is 8.06. The van der Waals surface area contributed by atoms with E-state index in [2.05, 4.69) is 41.5 Å². The molecule has 0 fully saturated rings. The Morgan fingerprint density at radius 2 is 1.78 bits per heavy atom. The molecule has 0 bridgehead atoms. The third-order valence-electron chi connectivity index (χ3n) is 4.98. The Kier molecular flexibility index (Phi) is 8.73. The van der Waals surface area contributed by atoms with Crippen LogP contribution in [0.25, 0.3) is 5.69 Å². The number of thioether (sulfide) groups is 1. The van der Waals surface area contributed by atoms with Gasteiger partial charge in [0.25, 0.3) is 0 Å². The summed E-state index contributed by atoms with van der Waals surface area (Å²) in [6, 6.07) is 18.1. The molecule has 0 aliphatic heterocycles. The van der Waals surface area contributed by atoms with Crippen molar-refractivity contribution < 1.29 is 9.53 Å². The number of rotatable bonds is 11. The monoisotopic (exact) mass is 452 g/mol. The van der Waals surface area contributed by atoms with E-state index in [0.717, 1.165) is 29.2 Å². The fourth-order valence-electron chi connectivity index (χ4n) is 3.23. The molecular formula is C25H32N4O2S. The van der Waals surface area contributed by atoms with Crippen molar-refractivity contribution in [2.24, 2.45) is 5.92 Å². The van der Waals surface area contributed by atoms with Gasteiger partial charge in [-0.1, -0.05) is 55.9 Å². The van der Waals surface area contributed by atoms with Gasteiger partial charge in [-0.25, -0.2) is 0 Å². The van der Waals surface area contributed by atoms with E-state index in [1.807, 2.05) is 60.9 Å². The third kappa shape index (κ3) is 6.60. The van der Waals surface area contributed by atoms with Crippen molar-refractivity contribution in [3.63, 3.8) is 0 Å². The molecule has 1 atom stereocenters. The van der Waals surface area contributed by atoms with Gasteiger partial charge in [-0.05, 0) is 56.0 Å². The lowest BCUT2D eigenvalue weighted by molar-refractivity contribution is -0.120. The van der Waals surface area contributed by atoms with Crippen molar-refractivity contribution in [2.75, 3.05) is 13.2 Å². The highest BCUT2D eigenvalue weighted by Crippen LogP contribution is 2.28. The SMILES string of the molecule is CCOc1ccc(-n2c(Cc3ccccc3)nnc2SC(C)C(=O)NCCC(C)C)cc1. The molecule has 1 unspecified atom stereocenters. The largest absolute Gasteiger partial charge is 0.494 e. The number of hydrogen-bond donors (Lipinski definition) is 1. The van der Waals surface area contributed by atoms with E-state index < -0.39 is 0 Å². The lowest BCUT2D eigenvalue weighted by Gasteiger charge is -2.15. The maximum Gasteiger partial charge on any atom is 0.233 e. The van der Waals surface area contributed by atoms with Crippen molar-refractivity contribution in [1.82, 2.24) is 20.1 Å². The molecule has 0 saturated heterocycles. The topological polar surface area (TPSA) is 69.0 Å². The van der Waals surface area contributed by atoms with Gasteiger partial charge in [0.05, 0.1) is 11.9 Å². The molecule has 1 N–H and O–H groups in total. The molecule has 170 valence electrons. The van der Waals surface area contributed by atoms with Crippen LogP contribution in [-0.4, -0.2) is 39.1 Å². The van der Waals surface area contributed by atoms with Gasteiger partial charge in [-0.3, -0.25) is 9.36 Å². The minimum atomic E-state index is -0.280. The summed E-state index contributed by atoms with van der Waals surface area (Å²) >= 11 is 1.42. The summed E-state index contributed by atoms with van der Waals surface area (Å²) in [5, 5.41) is 12.4. The highest BCUT2D eigenvalue weighted by atomic mass is 32.2. The molecule has 6 nitrogen and oxygen atoms in total. The van der Waals surface area contributed by atoms with Gasteiger partial charge in [0.1, 0.15) is 11.6 Å². The minimum Gasteiger partial charge on any atom is -0.494 e. The Hall–Kier alpha value is -2.80. The molecule has 0 radical (unpaired) electrons. The molecule has 32 heavy (non-hydrogen) atoms. The summed E-state index contributed by atoms with van der Waals surface area (Å²) in [6.45, 7) is 9.48. The van der Waals surface area contributed by atoms with Crippen LogP contribution in [0.3, 0.4) is 0 Å². The molecule has 2 aromatic carbocycles. The number of benzene rings is 2. The third-order valence-corrected chi connectivity index (χ3v) is 6.03. The van der Waals surface area contributed by atoms with E-state index in [0.29, 0.717) is 30.6 Å². The number of carbonyl (C=O) groups excluding carboxylic acids is 1. The summed E-state index contributed by atoms with van der Waals surface area (Å²) < 4.78 is 7.62. The van der Waals surface area contributed by atoms with Gasteiger partial charge < -0.3 is 10.1 Å². The predicted molar refractivity (Wildman–Crippen MR) is 130 cm³/mol. The Bertz CT molecular complexity index is 987. The lowest BCUT2D eigenvalue weighted by atomic mass is 10.1. The molecule has 3 rings (SSSR count). The van der Waals surface area contributed by atoms with Crippen molar-refractivity contribution in [3.8, 4) is 11.4 Å². The van der Waals surface area contributed by atoms with Crippen LogP contribution in [0.2, 0.25) is 0 Å². The number of ether oxygens (including phenoxy) is 1. The zero-order valence-corrected chi connectivity index (χ0v) is 20.1. The van der Waals surface area contributed by atoms with Gasteiger partial charge in [-0.2, -0.15) is 0 Å². The number of amides is 1. The van der Waals surface area contributed by atoms with Gasteiger partial charge >= 0.3 is 0 Å². The summed E-state index contributed by atoms with van der Waals surface area (Å²) in [6.07, 6.45) is 1.61. The molecule has 0 aliphatic rings. The van der Waals surface area contributed by atoms with Gasteiger partial charge in [0.15, 0.2) is 5.16 Å². The first-order valence-electron chi connectivity index (χ1n) is 11.1. The Morgan fingerprint density at radius 1 is 1.06 bits per heavy atom. The van der Waals surface area contributed by atoms with Crippen LogP contribution in [0.5, 0.6) is 5.75 Å². The van der Waals surface area contributed by atoms with Crippen molar-refractivity contribution in [2.45, 2.75) is 50.9 Å². The average Bonchev–Trinajstić information content (AvgIpc) is 3.16. The van der Waals surface area contributed by atoms with E-state index in [1.54, 1.807) is 0 Å². The number of nitrogens with zero attached hydrogens (tertiary/aromatic N) is 3. The second-order valence-corrected chi connectivity index (χ2v) is 9.37. The first-order valence-corrected chi connectivity index (χ1v) is 12.0. The Morgan fingerprint density at radius 3 is 2.44 bits per heavy atom. The van der Waals surface area contributed by atoms with Crippen LogP contribution in [0.1, 0.15) is 45.5 Å². The van der Waals surface area contributed by atoms with Gasteiger partial charge in [-0.15, -0.1) is 10.2 Å². The summed E-state index contributed by atoms with van der Waals surface area (Å²) in [5.74, 6) is 2.22. The van der Waals surface area contributed by atoms with E-state index in [9.17, 15) is 4.79 Å². The van der Waals surface area contributed by atoms with E-state index in [4.69, 9.17) is 4.74 Å². The summed E-state index contributed by atoms with van der Waals surface area (Å²) in [4.78, 5) is 12.6. The predicted octanol–water partition coefficient (Wildman–Crippen LogP) is 4.90. The van der Waals surface area contributed by atoms with Crippen LogP contribution >= 0.6 is 11.8 Å². The molecule has 0 aliphatic carbocycles. The van der Waals surface area contributed by atoms with E-state index in [-0.39, 0.29) is 11.2 Å². The van der Waals surface area contributed by atoms with Crippen molar-refractivity contribution in [3.05, 3.63) is 66.0 Å². The van der Waals surface area contributed by atoms with Crippen LogP contribution in [0.4, 0.5) is 0 Å². The summed E-state index contributed by atoms with van der Waals surface area (Å²) in [7, 11) is 0. The average molecular weight is 453 g/mol. The molecule has 0 spiro atoms. The zero-order valence-electron chi connectivity index (χ0n) is 19.2. The number of carbonyl (C=O) groups is 1. The van der Waals surface area contributed by atoms with Crippen LogP contribution < -0.4 is 10.1 Å². The molecular weight excluding hydrogens is 420 g/mol. The molecule has 3 aromatic rings. The molecule has 1 aromatic heterocycles. The molecule has 1 heterocycles. The number of hydrogen-bond acceptors (Lipinski definition) is 5. The van der Waals surface area contributed by atoms with Crippen molar-refractivity contribution in [1.29, 1.82) is 0 Å². The zero-order chi connectivity index (χ0) is 22.9. The standard InChI is InChI=1S/C25H32N4O2S/c1-5-31-22-13-11-21(12-14-22)29-23(17-20-9-7-6-8-10-20)27-28-25(29)32-19(4)24(30)26-16-15-18(2)3/h6-14,18-19H,5,15-17H2,1-4H3,(H,26,30). The Balaban J connectivity index is 1.84. The smallest absolute Gasteiger partial charge is 0.233 e. The first kappa shape index (κ1) is 23.9. The minimum absolute atomic E-state index is 0.0153. The van der Waals surface area contributed by atoms with Crippen molar-refractivity contribution >= 4 is 17.7 Å². The highest BCUT2D eigenvalue weighted by Gasteiger charge is 2.21. The maximum absolute atomic E-state index is 12.6. The fraction of sp³-hybridized carbons (Fsp3) is 0.400. The normalized spacial score (nSPS) is 12.0. The maximum atomic E-state index is 12.6. The van der Waals surface area contributed by atoms with Crippen LogP contribution in [0, 0.1) is 5.92 Å². The highest BCUT2D eigenvalue weighted by molar-refractivity contribution is 8.00. The van der Waals surface area contributed by atoms with Gasteiger partial charge in [0, 0.05) is 18.7 Å². The first-order chi connectivity index (χ1) is 15.5. The van der Waals surface area contributed by atoms with Crippen LogP contribution in [-0.2, 0) is 11.2 Å². The van der Waals surface area contributed by atoms with Gasteiger partial charge in [0.2, 0.25) is 5.91 Å². The molecule has 1 amide bonds. The second kappa shape index (κ2) is 11.7. The molecule has 7 heteroatoms. The van der Waals surface area contributed by atoms with E-state index in [1.165, 1.54) is 11.8 Å². The number of aromatic nitrogens is 3.